The summed E-state index contributed by atoms with van der Waals surface area (Å²) in [5.74, 6) is 2.60. The van der Waals surface area contributed by atoms with Crippen LogP contribution in [-0.4, -0.2) is 25.8 Å². The summed E-state index contributed by atoms with van der Waals surface area (Å²) in [7, 11) is 1.84. The van der Waals surface area contributed by atoms with Crippen LogP contribution >= 0.6 is 0 Å². The van der Waals surface area contributed by atoms with E-state index in [-0.39, 0.29) is 5.54 Å². The SMILES string of the molecule is COCC(C)C1(CNC(C)(C)C)CC2CCC1C2. The number of fused-ring (bicyclic) bond motifs is 2. The molecule has 0 radical (unpaired) electrons. The molecule has 1 N–H and O–H groups in total. The van der Waals surface area contributed by atoms with Gasteiger partial charge in [-0.15, -0.1) is 0 Å². The Morgan fingerprint density at radius 3 is 2.50 bits per heavy atom. The van der Waals surface area contributed by atoms with Crippen molar-refractivity contribution in [2.24, 2.45) is 23.2 Å². The lowest BCUT2D eigenvalue weighted by molar-refractivity contribution is 0.0217. The van der Waals surface area contributed by atoms with E-state index in [1.807, 2.05) is 7.11 Å². The van der Waals surface area contributed by atoms with E-state index in [1.165, 1.54) is 32.2 Å². The van der Waals surface area contributed by atoms with Crippen molar-refractivity contribution in [3.8, 4) is 0 Å². The second kappa shape index (κ2) is 5.13. The van der Waals surface area contributed by atoms with Crippen molar-refractivity contribution in [2.45, 2.75) is 58.9 Å². The molecular weight excluding hydrogens is 222 g/mol. The summed E-state index contributed by atoms with van der Waals surface area (Å²) in [6.07, 6.45) is 5.82. The van der Waals surface area contributed by atoms with Crippen LogP contribution in [-0.2, 0) is 4.74 Å². The van der Waals surface area contributed by atoms with Crippen molar-refractivity contribution in [3.63, 3.8) is 0 Å². The maximum Gasteiger partial charge on any atom is 0.0493 e. The molecule has 106 valence electrons. The van der Waals surface area contributed by atoms with Crippen LogP contribution in [0.2, 0.25) is 0 Å². The highest BCUT2D eigenvalue weighted by Gasteiger charge is 2.53. The lowest BCUT2D eigenvalue weighted by atomic mass is 9.65. The zero-order chi connectivity index (χ0) is 13.4. The molecule has 0 spiro atoms. The first-order valence-electron chi connectivity index (χ1n) is 7.61. The average Bonchev–Trinajstić information content (AvgIpc) is 2.86. The number of hydrogen-bond acceptors (Lipinski definition) is 2. The molecule has 2 heteroatoms. The zero-order valence-corrected chi connectivity index (χ0v) is 12.9. The Bertz CT molecular complexity index is 283. The molecule has 0 aromatic carbocycles. The predicted molar refractivity (Wildman–Crippen MR) is 76.7 cm³/mol. The van der Waals surface area contributed by atoms with Crippen LogP contribution in [0.5, 0.6) is 0 Å². The molecule has 4 unspecified atom stereocenters. The minimum atomic E-state index is 0.224. The third-order valence-electron chi connectivity index (χ3n) is 5.37. The molecule has 2 saturated carbocycles. The van der Waals surface area contributed by atoms with Crippen molar-refractivity contribution in [1.82, 2.24) is 5.32 Å². The van der Waals surface area contributed by atoms with Crippen molar-refractivity contribution in [2.75, 3.05) is 20.3 Å². The Morgan fingerprint density at radius 1 is 1.33 bits per heavy atom. The van der Waals surface area contributed by atoms with E-state index in [0.29, 0.717) is 11.3 Å². The summed E-state index contributed by atoms with van der Waals surface area (Å²) in [6, 6.07) is 0. The molecule has 2 aliphatic rings. The Hall–Kier alpha value is -0.0800. The molecule has 2 bridgehead atoms. The lowest BCUT2D eigenvalue weighted by Gasteiger charge is -2.44. The van der Waals surface area contributed by atoms with Gasteiger partial charge in [-0.3, -0.25) is 0 Å². The standard InChI is InChI=1S/C16H31NO/c1-12(10-18-5)16(11-17-15(2,3)4)9-13-6-7-14(16)8-13/h12-14,17H,6-11H2,1-5H3. The molecule has 0 aromatic rings. The van der Waals surface area contributed by atoms with Gasteiger partial charge >= 0.3 is 0 Å². The zero-order valence-electron chi connectivity index (χ0n) is 12.9. The van der Waals surface area contributed by atoms with Gasteiger partial charge in [0.05, 0.1) is 0 Å². The Kier molecular flexibility index (Phi) is 4.08. The number of ether oxygens (including phenoxy) is 1. The number of rotatable bonds is 5. The average molecular weight is 253 g/mol. The smallest absolute Gasteiger partial charge is 0.0493 e. The second-order valence-electron chi connectivity index (χ2n) is 7.77. The van der Waals surface area contributed by atoms with Crippen LogP contribution < -0.4 is 5.32 Å². The maximum atomic E-state index is 5.45. The molecule has 0 aliphatic heterocycles. The van der Waals surface area contributed by atoms with E-state index < -0.39 is 0 Å². The van der Waals surface area contributed by atoms with Crippen LogP contribution in [0, 0.1) is 23.2 Å². The molecule has 0 amide bonds. The number of nitrogens with one attached hydrogen (secondary N) is 1. The first kappa shape index (κ1) is 14.3. The highest BCUT2D eigenvalue weighted by atomic mass is 16.5. The van der Waals surface area contributed by atoms with Crippen LogP contribution in [0.15, 0.2) is 0 Å². The van der Waals surface area contributed by atoms with Gasteiger partial charge in [0.1, 0.15) is 0 Å². The molecule has 4 atom stereocenters. The largest absolute Gasteiger partial charge is 0.384 e. The minimum absolute atomic E-state index is 0.224. The molecule has 2 aliphatic carbocycles. The quantitative estimate of drug-likeness (QED) is 0.810. The summed E-state index contributed by atoms with van der Waals surface area (Å²) in [5.41, 5.74) is 0.716. The fourth-order valence-corrected chi connectivity index (χ4v) is 4.33. The second-order valence-corrected chi connectivity index (χ2v) is 7.77. The molecule has 18 heavy (non-hydrogen) atoms. The number of methoxy groups -OCH3 is 1. The van der Waals surface area contributed by atoms with E-state index >= 15 is 0 Å². The van der Waals surface area contributed by atoms with E-state index in [1.54, 1.807) is 0 Å². The molecule has 0 aromatic heterocycles. The van der Waals surface area contributed by atoms with Crippen molar-refractivity contribution >= 4 is 0 Å². The Morgan fingerprint density at radius 2 is 2.06 bits per heavy atom. The predicted octanol–water partition coefficient (Wildman–Crippen LogP) is 3.46. The molecule has 2 fully saturated rings. The van der Waals surface area contributed by atoms with Gasteiger partial charge in [-0.2, -0.15) is 0 Å². The summed E-state index contributed by atoms with van der Waals surface area (Å²) < 4.78 is 5.45. The molecular formula is C16H31NO. The van der Waals surface area contributed by atoms with Crippen molar-refractivity contribution < 1.29 is 4.74 Å². The van der Waals surface area contributed by atoms with E-state index in [0.717, 1.165) is 18.4 Å². The van der Waals surface area contributed by atoms with Gasteiger partial charge in [0.25, 0.3) is 0 Å². The summed E-state index contributed by atoms with van der Waals surface area (Å²) >= 11 is 0. The van der Waals surface area contributed by atoms with Gasteiger partial charge in [-0.05, 0) is 63.2 Å². The summed E-state index contributed by atoms with van der Waals surface area (Å²) in [4.78, 5) is 0. The Labute approximate surface area is 113 Å². The topological polar surface area (TPSA) is 21.3 Å². The van der Waals surface area contributed by atoms with E-state index in [4.69, 9.17) is 4.74 Å². The third kappa shape index (κ3) is 2.75. The van der Waals surface area contributed by atoms with Crippen LogP contribution in [0.4, 0.5) is 0 Å². The fourth-order valence-electron chi connectivity index (χ4n) is 4.33. The summed E-state index contributed by atoms with van der Waals surface area (Å²) in [6.45, 7) is 11.3. The van der Waals surface area contributed by atoms with Crippen LogP contribution in [0.25, 0.3) is 0 Å². The van der Waals surface area contributed by atoms with Crippen molar-refractivity contribution in [3.05, 3.63) is 0 Å². The van der Waals surface area contributed by atoms with Crippen LogP contribution in [0.3, 0.4) is 0 Å². The van der Waals surface area contributed by atoms with Crippen molar-refractivity contribution in [1.29, 1.82) is 0 Å². The number of hydrogen-bond donors (Lipinski definition) is 1. The van der Waals surface area contributed by atoms with Crippen LogP contribution in [0.1, 0.15) is 53.4 Å². The molecule has 0 heterocycles. The highest BCUT2D eigenvalue weighted by molar-refractivity contribution is 5.04. The normalized spacial score (nSPS) is 37.2. The Balaban J connectivity index is 2.08. The monoisotopic (exact) mass is 253 g/mol. The van der Waals surface area contributed by atoms with Gasteiger partial charge in [0.15, 0.2) is 0 Å². The minimum Gasteiger partial charge on any atom is -0.384 e. The van der Waals surface area contributed by atoms with Gasteiger partial charge < -0.3 is 10.1 Å². The molecule has 2 nitrogen and oxygen atoms in total. The molecule has 0 saturated heterocycles. The molecule has 2 rings (SSSR count). The van der Waals surface area contributed by atoms with Gasteiger partial charge in [0.2, 0.25) is 0 Å². The van der Waals surface area contributed by atoms with Gasteiger partial charge in [-0.25, -0.2) is 0 Å². The highest BCUT2D eigenvalue weighted by Crippen LogP contribution is 2.59. The third-order valence-corrected chi connectivity index (χ3v) is 5.37. The summed E-state index contributed by atoms with van der Waals surface area (Å²) in [5, 5.41) is 3.77. The maximum absolute atomic E-state index is 5.45. The van der Waals surface area contributed by atoms with Gasteiger partial charge in [0, 0.05) is 25.8 Å². The van der Waals surface area contributed by atoms with Gasteiger partial charge in [-0.1, -0.05) is 13.3 Å². The van der Waals surface area contributed by atoms with E-state index in [2.05, 4.69) is 33.0 Å². The fraction of sp³-hybridized carbons (Fsp3) is 1.00. The first-order valence-corrected chi connectivity index (χ1v) is 7.61. The first-order chi connectivity index (χ1) is 8.37. The van der Waals surface area contributed by atoms with E-state index in [9.17, 15) is 0 Å². The lowest BCUT2D eigenvalue weighted by Crippen LogP contribution is -2.49.